The molecular weight excluding hydrogens is 298 g/mol. The molecule has 0 aliphatic heterocycles. The van der Waals surface area contributed by atoms with Crippen molar-refractivity contribution in [3.8, 4) is 11.5 Å². The number of anilines is 1. The Kier molecular flexibility index (Phi) is 4.90. The van der Waals surface area contributed by atoms with Crippen LogP contribution in [0.25, 0.3) is 11.5 Å². The molecule has 0 aliphatic rings. The third kappa shape index (κ3) is 4.34. The van der Waals surface area contributed by atoms with E-state index in [0.29, 0.717) is 11.1 Å². The Labute approximate surface area is 134 Å². The van der Waals surface area contributed by atoms with Gasteiger partial charge in [0.25, 0.3) is 0 Å². The van der Waals surface area contributed by atoms with Crippen LogP contribution in [0.15, 0.2) is 33.6 Å². The van der Waals surface area contributed by atoms with Crippen LogP contribution >= 0.6 is 11.8 Å². The first-order valence-electron chi connectivity index (χ1n) is 7.18. The number of amides is 1. The highest BCUT2D eigenvalue weighted by Gasteiger charge is 2.23. The standard InChI is InChI=1S/C16H21N3O2S/c1-10(2)22-12-8-6-7-11(9-12)13-18-19-15(21-13)17-14(20)16(3,4)5/h6-10H,1-5H3,(H,17,19,20). The number of thioether (sulfide) groups is 1. The van der Waals surface area contributed by atoms with Crippen LogP contribution in [-0.4, -0.2) is 21.4 Å². The minimum atomic E-state index is -0.511. The summed E-state index contributed by atoms with van der Waals surface area (Å²) in [7, 11) is 0. The van der Waals surface area contributed by atoms with Gasteiger partial charge in [-0.2, -0.15) is 0 Å². The molecule has 1 N–H and O–H groups in total. The summed E-state index contributed by atoms with van der Waals surface area (Å²) in [5, 5.41) is 11.0. The second kappa shape index (κ2) is 6.52. The van der Waals surface area contributed by atoms with Crippen molar-refractivity contribution in [2.24, 2.45) is 5.41 Å². The molecule has 0 unspecified atom stereocenters. The van der Waals surface area contributed by atoms with Gasteiger partial charge in [0.2, 0.25) is 11.8 Å². The Hall–Kier alpha value is -1.82. The molecule has 0 fully saturated rings. The van der Waals surface area contributed by atoms with Crippen LogP contribution in [0.1, 0.15) is 34.6 Å². The predicted molar refractivity (Wildman–Crippen MR) is 88.8 cm³/mol. The maximum atomic E-state index is 11.9. The van der Waals surface area contributed by atoms with Crippen LogP contribution in [-0.2, 0) is 4.79 Å². The first-order chi connectivity index (χ1) is 10.3. The van der Waals surface area contributed by atoms with Crippen LogP contribution in [0, 0.1) is 5.41 Å². The third-order valence-electron chi connectivity index (χ3n) is 2.78. The molecule has 0 aliphatic carbocycles. The van der Waals surface area contributed by atoms with Crippen LogP contribution in [0.3, 0.4) is 0 Å². The van der Waals surface area contributed by atoms with Gasteiger partial charge in [-0.25, -0.2) is 0 Å². The number of carbonyl (C=O) groups is 1. The molecule has 0 spiro atoms. The van der Waals surface area contributed by atoms with Crippen molar-refractivity contribution >= 4 is 23.7 Å². The number of aromatic nitrogens is 2. The van der Waals surface area contributed by atoms with E-state index in [9.17, 15) is 4.79 Å². The quantitative estimate of drug-likeness (QED) is 0.854. The molecule has 0 radical (unpaired) electrons. The Morgan fingerprint density at radius 3 is 2.64 bits per heavy atom. The fraction of sp³-hybridized carbons (Fsp3) is 0.438. The fourth-order valence-electron chi connectivity index (χ4n) is 1.65. The van der Waals surface area contributed by atoms with E-state index < -0.39 is 5.41 Å². The molecule has 5 nitrogen and oxygen atoms in total. The number of rotatable bonds is 4. The summed E-state index contributed by atoms with van der Waals surface area (Å²) in [5.41, 5.74) is 0.331. The highest BCUT2D eigenvalue weighted by molar-refractivity contribution is 7.99. The second-order valence-electron chi connectivity index (χ2n) is 6.31. The van der Waals surface area contributed by atoms with Gasteiger partial charge in [0, 0.05) is 21.1 Å². The van der Waals surface area contributed by atoms with Crippen molar-refractivity contribution in [3.05, 3.63) is 24.3 Å². The molecule has 1 aromatic carbocycles. The van der Waals surface area contributed by atoms with Gasteiger partial charge in [-0.15, -0.1) is 16.9 Å². The van der Waals surface area contributed by atoms with E-state index >= 15 is 0 Å². The smallest absolute Gasteiger partial charge is 0.322 e. The van der Waals surface area contributed by atoms with Gasteiger partial charge in [-0.3, -0.25) is 10.1 Å². The third-order valence-corrected chi connectivity index (χ3v) is 3.78. The SMILES string of the molecule is CC(C)Sc1cccc(-c2nnc(NC(=O)C(C)(C)C)o2)c1. The molecule has 6 heteroatoms. The van der Waals surface area contributed by atoms with Gasteiger partial charge < -0.3 is 4.42 Å². The number of carbonyl (C=O) groups excluding carboxylic acids is 1. The lowest BCUT2D eigenvalue weighted by Gasteiger charge is -2.15. The van der Waals surface area contributed by atoms with Gasteiger partial charge in [-0.05, 0) is 18.2 Å². The van der Waals surface area contributed by atoms with E-state index in [2.05, 4.69) is 29.4 Å². The van der Waals surface area contributed by atoms with E-state index in [-0.39, 0.29) is 11.9 Å². The number of nitrogens with one attached hydrogen (secondary N) is 1. The van der Waals surface area contributed by atoms with Crippen LogP contribution in [0.4, 0.5) is 6.01 Å². The first-order valence-corrected chi connectivity index (χ1v) is 8.06. The summed E-state index contributed by atoms with van der Waals surface area (Å²) in [6, 6.07) is 8.04. The van der Waals surface area contributed by atoms with Gasteiger partial charge in [0.1, 0.15) is 0 Å². The Balaban J connectivity index is 2.16. The van der Waals surface area contributed by atoms with E-state index in [1.54, 1.807) is 11.8 Å². The fourth-order valence-corrected chi connectivity index (χ4v) is 2.55. The van der Waals surface area contributed by atoms with Gasteiger partial charge >= 0.3 is 6.01 Å². The summed E-state index contributed by atoms with van der Waals surface area (Å²) >= 11 is 1.77. The molecule has 22 heavy (non-hydrogen) atoms. The van der Waals surface area contributed by atoms with Crippen molar-refractivity contribution < 1.29 is 9.21 Å². The summed E-state index contributed by atoms with van der Waals surface area (Å²) in [4.78, 5) is 13.1. The molecule has 0 atom stereocenters. The zero-order chi connectivity index (χ0) is 16.3. The van der Waals surface area contributed by atoms with Crippen molar-refractivity contribution in [1.82, 2.24) is 10.2 Å². The van der Waals surface area contributed by atoms with Crippen molar-refractivity contribution in [2.45, 2.75) is 44.8 Å². The van der Waals surface area contributed by atoms with Gasteiger partial charge in [-0.1, -0.05) is 45.8 Å². The molecule has 1 amide bonds. The molecule has 1 aromatic heterocycles. The minimum Gasteiger partial charge on any atom is -0.403 e. The molecule has 0 saturated carbocycles. The molecule has 2 aromatic rings. The van der Waals surface area contributed by atoms with Crippen LogP contribution < -0.4 is 5.32 Å². The Morgan fingerprint density at radius 1 is 1.27 bits per heavy atom. The number of hydrogen-bond acceptors (Lipinski definition) is 5. The summed E-state index contributed by atoms with van der Waals surface area (Å²) in [5.74, 6) is 0.238. The highest BCUT2D eigenvalue weighted by Crippen LogP contribution is 2.28. The van der Waals surface area contributed by atoms with E-state index in [4.69, 9.17) is 4.42 Å². The normalized spacial score (nSPS) is 11.7. The average Bonchev–Trinajstić information content (AvgIpc) is 2.85. The number of hydrogen-bond donors (Lipinski definition) is 1. The zero-order valence-corrected chi connectivity index (χ0v) is 14.3. The van der Waals surface area contributed by atoms with E-state index in [1.807, 2.05) is 45.0 Å². The minimum absolute atomic E-state index is 0.122. The number of benzene rings is 1. The maximum Gasteiger partial charge on any atom is 0.322 e. The van der Waals surface area contributed by atoms with E-state index in [0.717, 1.165) is 10.5 Å². The Morgan fingerprint density at radius 2 is 2.00 bits per heavy atom. The lowest BCUT2D eigenvalue weighted by Crippen LogP contribution is -2.27. The molecular formula is C16H21N3O2S. The second-order valence-corrected chi connectivity index (χ2v) is 7.96. The summed E-state index contributed by atoms with van der Waals surface area (Å²) in [6.07, 6.45) is 0. The van der Waals surface area contributed by atoms with Crippen LogP contribution in [0.5, 0.6) is 0 Å². The zero-order valence-electron chi connectivity index (χ0n) is 13.5. The van der Waals surface area contributed by atoms with Crippen molar-refractivity contribution in [1.29, 1.82) is 0 Å². The lowest BCUT2D eigenvalue weighted by molar-refractivity contribution is -0.123. The van der Waals surface area contributed by atoms with E-state index in [1.165, 1.54) is 0 Å². The average molecular weight is 319 g/mol. The lowest BCUT2D eigenvalue weighted by atomic mass is 9.96. The molecule has 0 saturated heterocycles. The van der Waals surface area contributed by atoms with Gasteiger partial charge in [0.15, 0.2) is 0 Å². The predicted octanol–water partition coefficient (Wildman–Crippen LogP) is 4.22. The summed E-state index contributed by atoms with van der Waals surface area (Å²) in [6.45, 7) is 9.76. The molecule has 1 heterocycles. The first kappa shape index (κ1) is 16.5. The largest absolute Gasteiger partial charge is 0.403 e. The topological polar surface area (TPSA) is 68.0 Å². The monoisotopic (exact) mass is 319 g/mol. The van der Waals surface area contributed by atoms with Crippen molar-refractivity contribution in [2.75, 3.05) is 5.32 Å². The van der Waals surface area contributed by atoms with Gasteiger partial charge in [0.05, 0.1) is 0 Å². The molecule has 2 rings (SSSR count). The maximum absolute atomic E-state index is 11.9. The van der Waals surface area contributed by atoms with Crippen LogP contribution in [0.2, 0.25) is 0 Å². The molecule has 118 valence electrons. The number of nitrogens with zero attached hydrogens (tertiary/aromatic N) is 2. The summed E-state index contributed by atoms with van der Waals surface area (Å²) < 4.78 is 5.53. The molecule has 0 bridgehead atoms. The highest BCUT2D eigenvalue weighted by atomic mass is 32.2. The van der Waals surface area contributed by atoms with Crippen molar-refractivity contribution in [3.63, 3.8) is 0 Å². The Bertz CT molecular complexity index is 659.